The molecule has 0 spiro atoms. The van der Waals surface area contributed by atoms with Crippen LogP contribution in [-0.2, 0) is 6.54 Å². The molecule has 0 atom stereocenters. The minimum Gasteiger partial charge on any atom is -0.497 e. The molecule has 3 aromatic rings. The van der Waals surface area contributed by atoms with E-state index in [2.05, 4.69) is 10.3 Å². The molecule has 0 saturated heterocycles. The van der Waals surface area contributed by atoms with Gasteiger partial charge in [-0.2, -0.15) is 0 Å². The predicted molar refractivity (Wildman–Crippen MR) is 84.5 cm³/mol. The van der Waals surface area contributed by atoms with Crippen molar-refractivity contribution >= 4 is 5.97 Å². The Morgan fingerprint density at radius 2 is 2.04 bits per heavy atom. The van der Waals surface area contributed by atoms with Crippen LogP contribution in [0.15, 0.2) is 48.5 Å². The SMILES string of the molecule is COc1cccc(-c2c(C(=O)O)nnn2Cc2cccc(F)c2)c1. The van der Waals surface area contributed by atoms with E-state index in [0.29, 0.717) is 22.6 Å². The van der Waals surface area contributed by atoms with Crippen LogP contribution in [0.3, 0.4) is 0 Å². The van der Waals surface area contributed by atoms with Crippen LogP contribution in [-0.4, -0.2) is 33.2 Å². The molecule has 1 N–H and O–H groups in total. The number of aromatic nitrogens is 3. The molecule has 0 aliphatic carbocycles. The molecule has 7 heteroatoms. The Hall–Kier alpha value is -3.22. The van der Waals surface area contributed by atoms with Gasteiger partial charge in [0.2, 0.25) is 0 Å². The van der Waals surface area contributed by atoms with Gasteiger partial charge in [0.15, 0.2) is 5.69 Å². The quantitative estimate of drug-likeness (QED) is 0.780. The van der Waals surface area contributed by atoms with Crippen LogP contribution in [0, 0.1) is 5.82 Å². The first-order valence-corrected chi connectivity index (χ1v) is 7.14. The molecule has 0 unspecified atom stereocenters. The lowest BCUT2D eigenvalue weighted by Crippen LogP contribution is -2.06. The van der Waals surface area contributed by atoms with E-state index in [1.165, 1.54) is 23.9 Å². The number of hydrogen-bond donors (Lipinski definition) is 1. The Bertz CT molecular complexity index is 892. The zero-order valence-corrected chi connectivity index (χ0v) is 12.8. The second-order valence-corrected chi connectivity index (χ2v) is 5.11. The maximum absolute atomic E-state index is 13.4. The summed E-state index contributed by atoms with van der Waals surface area (Å²) in [6.07, 6.45) is 0. The molecule has 1 aromatic heterocycles. The van der Waals surface area contributed by atoms with Crippen molar-refractivity contribution in [3.63, 3.8) is 0 Å². The summed E-state index contributed by atoms with van der Waals surface area (Å²) >= 11 is 0. The van der Waals surface area contributed by atoms with Crippen LogP contribution < -0.4 is 4.74 Å². The van der Waals surface area contributed by atoms with E-state index in [1.807, 2.05) is 0 Å². The van der Waals surface area contributed by atoms with Gasteiger partial charge in [-0.05, 0) is 29.8 Å². The van der Waals surface area contributed by atoms with Crippen LogP contribution in [0.5, 0.6) is 5.75 Å². The Kier molecular flexibility index (Phi) is 4.24. The average Bonchev–Trinajstić information content (AvgIpc) is 2.99. The molecular formula is C17H14FN3O3. The van der Waals surface area contributed by atoms with E-state index in [0.717, 1.165) is 0 Å². The predicted octanol–water partition coefficient (Wildman–Crippen LogP) is 2.84. The zero-order valence-electron chi connectivity index (χ0n) is 12.8. The second kappa shape index (κ2) is 6.49. The number of hydrogen-bond acceptors (Lipinski definition) is 4. The van der Waals surface area contributed by atoms with Gasteiger partial charge in [0.25, 0.3) is 0 Å². The number of nitrogens with zero attached hydrogens (tertiary/aromatic N) is 3. The lowest BCUT2D eigenvalue weighted by Gasteiger charge is -2.09. The van der Waals surface area contributed by atoms with E-state index in [9.17, 15) is 14.3 Å². The third kappa shape index (κ3) is 3.10. The summed E-state index contributed by atoms with van der Waals surface area (Å²) in [7, 11) is 1.53. The fourth-order valence-electron chi connectivity index (χ4n) is 2.43. The van der Waals surface area contributed by atoms with Crippen molar-refractivity contribution in [2.45, 2.75) is 6.54 Å². The highest BCUT2D eigenvalue weighted by atomic mass is 19.1. The Labute approximate surface area is 137 Å². The first kappa shape index (κ1) is 15.7. The van der Waals surface area contributed by atoms with E-state index >= 15 is 0 Å². The van der Waals surface area contributed by atoms with E-state index in [4.69, 9.17) is 4.74 Å². The fourth-order valence-corrected chi connectivity index (χ4v) is 2.43. The molecule has 24 heavy (non-hydrogen) atoms. The standard InChI is InChI=1S/C17H14FN3O3/c1-24-14-7-3-5-12(9-14)16-15(17(22)23)19-20-21(16)10-11-4-2-6-13(18)8-11/h2-9H,10H2,1H3,(H,22,23). The van der Waals surface area contributed by atoms with Gasteiger partial charge in [-0.1, -0.05) is 29.5 Å². The second-order valence-electron chi connectivity index (χ2n) is 5.11. The molecular weight excluding hydrogens is 313 g/mol. The summed E-state index contributed by atoms with van der Waals surface area (Å²) in [4.78, 5) is 11.5. The lowest BCUT2D eigenvalue weighted by molar-refractivity contribution is 0.0691. The summed E-state index contributed by atoms with van der Waals surface area (Å²) in [5.74, 6) is -0.963. The van der Waals surface area contributed by atoms with E-state index in [-0.39, 0.29) is 18.1 Å². The average molecular weight is 327 g/mol. The van der Waals surface area contributed by atoms with Crippen LogP contribution in [0.1, 0.15) is 16.1 Å². The first-order chi connectivity index (χ1) is 11.6. The third-order valence-corrected chi connectivity index (χ3v) is 3.50. The minimum atomic E-state index is -1.18. The number of ether oxygens (including phenoxy) is 1. The maximum Gasteiger partial charge on any atom is 0.358 e. The van der Waals surface area contributed by atoms with Gasteiger partial charge in [0.05, 0.1) is 13.7 Å². The van der Waals surface area contributed by atoms with E-state index < -0.39 is 5.97 Å². The van der Waals surface area contributed by atoms with Crippen LogP contribution in [0.25, 0.3) is 11.3 Å². The number of carbonyl (C=O) groups is 1. The summed E-state index contributed by atoms with van der Waals surface area (Å²) in [5, 5.41) is 17.0. The molecule has 3 rings (SSSR count). The number of methoxy groups -OCH3 is 1. The number of carboxylic acid groups (broad SMARTS) is 1. The van der Waals surface area contributed by atoms with Gasteiger partial charge in [-0.15, -0.1) is 5.10 Å². The number of benzene rings is 2. The number of carboxylic acids is 1. The van der Waals surface area contributed by atoms with Gasteiger partial charge in [-0.25, -0.2) is 13.9 Å². The number of rotatable bonds is 5. The van der Waals surface area contributed by atoms with Crippen molar-refractivity contribution in [1.82, 2.24) is 15.0 Å². The van der Waals surface area contributed by atoms with Crippen molar-refractivity contribution in [1.29, 1.82) is 0 Å². The summed E-state index contributed by atoms with van der Waals surface area (Å²) in [5.41, 5.74) is 1.43. The van der Waals surface area contributed by atoms with Crippen molar-refractivity contribution in [2.24, 2.45) is 0 Å². The lowest BCUT2D eigenvalue weighted by atomic mass is 10.1. The molecule has 6 nitrogen and oxygen atoms in total. The van der Waals surface area contributed by atoms with Crippen molar-refractivity contribution < 1.29 is 19.0 Å². The largest absolute Gasteiger partial charge is 0.497 e. The molecule has 1 heterocycles. The summed E-state index contributed by atoms with van der Waals surface area (Å²) in [6, 6.07) is 13.0. The van der Waals surface area contributed by atoms with Gasteiger partial charge in [0, 0.05) is 5.56 Å². The molecule has 2 aromatic carbocycles. The van der Waals surface area contributed by atoms with Crippen molar-refractivity contribution in [3.05, 3.63) is 65.6 Å². The van der Waals surface area contributed by atoms with Gasteiger partial charge in [-0.3, -0.25) is 0 Å². The molecule has 0 radical (unpaired) electrons. The van der Waals surface area contributed by atoms with Crippen molar-refractivity contribution in [3.8, 4) is 17.0 Å². The molecule has 0 saturated carbocycles. The minimum absolute atomic E-state index is 0.167. The van der Waals surface area contributed by atoms with Crippen LogP contribution in [0.4, 0.5) is 4.39 Å². The molecule has 0 aliphatic heterocycles. The van der Waals surface area contributed by atoms with Crippen LogP contribution in [0.2, 0.25) is 0 Å². The monoisotopic (exact) mass is 327 g/mol. The fraction of sp³-hybridized carbons (Fsp3) is 0.118. The smallest absolute Gasteiger partial charge is 0.358 e. The number of halogens is 1. The molecule has 122 valence electrons. The normalized spacial score (nSPS) is 10.6. The summed E-state index contributed by atoms with van der Waals surface area (Å²) < 4.78 is 20.0. The zero-order chi connectivity index (χ0) is 17.1. The van der Waals surface area contributed by atoms with Gasteiger partial charge >= 0.3 is 5.97 Å². The number of aromatic carboxylic acids is 1. The topological polar surface area (TPSA) is 77.2 Å². The summed E-state index contributed by atoms with van der Waals surface area (Å²) in [6.45, 7) is 0.199. The first-order valence-electron chi connectivity index (χ1n) is 7.14. The highest BCUT2D eigenvalue weighted by Crippen LogP contribution is 2.26. The molecule has 0 fully saturated rings. The van der Waals surface area contributed by atoms with Crippen molar-refractivity contribution in [2.75, 3.05) is 7.11 Å². The Balaban J connectivity index is 2.08. The van der Waals surface area contributed by atoms with E-state index in [1.54, 1.807) is 36.4 Å². The van der Waals surface area contributed by atoms with Gasteiger partial charge in [0.1, 0.15) is 17.3 Å². The highest BCUT2D eigenvalue weighted by molar-refractivity contribution is 5.92. The maximum atomic E-state index is 13.4. The van der Waals surface area contributed by atoms with Crippen LogP contribution >= 0.6 is 0 Å². The Morgan fingerprint density at radius 1 is 1.25 bits per heavy atom. The molecule has 0 bridgehead atoms. The Morgan fingerprint density at radius 3 is 2.75 bits per heavy atom. The molecule has 0 aliphatic rings. The highest BCUT2D eigenvalue weighted by Gasteiger charge is 2.21. The molecule has 0 amide bonds. The third-order valence-electron chi connectivity index (χ3n) is 3.50. The van der Waals surface area contributed by atoms with Gasteiger partial charge < -0.3 is 9.84 Å².